The maximum absolute atomic E-state index is 12.2. The number of amides is 1. The third-order valence-electron chi connectivity index (χ3n) is 3.96. The average molecular weight is 353 g/mol. The van der Waals surface area contributed by atoms with Gasteiger partial charge in [0.25, 0.3) is 5.91 Å². The van der Waals surface area contributed by atoms with Crippen molar-refractivity contribution < 1.29 is 4.79 Å². The molecule has 0 saturated heterocycles. The Balaban J connectivity index is 1.71. The van der Waals surface area contributed by atoms with Crippen molar-refractivity contribution in [2.75, 3.05) is 12.3 Å². The van der Waals surface area contributed by atoms with E-state index in [1.165, 1.54) is 30.6 Å². The van der Waals surface area contributed by atoms with Crippen LogP contribution in [-0.2, 0) is 0 Å². The summed E-state index contributed by atoms with van der Waals surface area (Å²) in [6.07, 6.45) is 5.06. The van der Waals surface area contributed by atoms with E-state index in [1.54, 1.807) is 0 Å². The first-order valence-corrected chi connectivity index (χ1v) is 8.52. The van der Waals surface area contributed by atoms with E-state index in [4.69, 9.17) is 5.73 Å². The lowest BCUT2D eigenvalue weighted by Gasteiger charge is -2.25. The molecule has 0 unspecified atom stereocenters. The van der Waals surface area contributed by atoms with Gasteiger partial charge < -0.3 is 11.1 Å². The smallest absolute Gasteiger partial charge is 0.263 e. The van der Waals surface area contributed by atoms with Crippen LogP contribution in [0.15, 0.2) is 22.7 Å². The van der Waals surface area contributed by atoms with E-state index in [2.05, 4.69) is 21.2 Å². The number of benzene rings is 1. The molecule has 1 fully saturated rings. The number of carbonyl (C=O) groups excluding carboxylic acids is 1. The van der Waals surface area contributed by atoms with Crippen molar-refractivity contribution in [3.05, 3.63) is 27.5 Å². The number of rotatable bonds is 4. The lowest BCUT2D eigenvalue weighted by Crippen LogP contribution is -2.27. The van der Waals surface area contributed by atoms with Crippen LogP contribution < -0.4 is 11.1 Å². The second-order valence-corrected chi connectivity index (χ2v) is 7.29. The Kier molecular flexibility index (Phi) is 3.98. The van der Waals surface area contributed by atoms with Crippen LogP contribution in [0.25, 0.3) is 10.1 Å². The van der Waals surface area contributed by atoms with Crippen LogP contribution in [0, 0.1) is 5.92 Å². The fourth-order valence-electron chi connectivity index (χ4n) is 2.51. The number of thiophene rings is 1. The van der Waals surface area contributed by atoms with Crippen molar-refractivity contribution in [3.8, 4) is 0 Å². The second kappa shape index (κ2) is 5.74. The Bertz CT molecular complexity index is 649. The molecule has 2 aromatic rings. The van der Waals surface area contributed by atoms with Crippen LogP contribution in [-0.4, -0.2) is 12.5 Å². The van der Waals surface area contributed by atoms with Crippen LogP contribution in [0.4, 0.5) is 5.69 Å². The largest absolute Gasteiger partial charge is 0.397 e. The molecule has 1 saturated carbocycles. The number of nitrogens with one attached hydrogen (secondary N) is 1. The Morgan fingerprint density at radius 1 is 1.45 bits per heavy atom. The molecular weight excluding hydrogens is 336 g/mol. The molecule has 1 amide bonds. The summed E-state index contributed by atoms with van der Waals surface area (Å²) >= 11 is 4.90. The van der Waals surface area contributed by atoms with E-state index in [0.29, 0.717) is 10.6 Å². The number of hydrogen-bond donors (Lipinski definition) is 2. The molecule has 3 N–H and O–H groups in total. The molecule has 0 radical (unpaired) electrons. The topological polar surface area (TPSA) is 55.1 Å². The van der Waals surface area contributed by atoms with Gasteiger partial charge in [0.05, 0.1) is 5.69 Å². The molecule has 1 aliphatic rings. The average Bonchev–Trinajstić information content (AvgIpc) is 2.69. The Morgan fingerprint density at radius 3 is 2.95 bits per heavy atom. The van der Waals surface area contributed by atoms with E-state index in [0.717, 1.165) is 33.4 Å². The molecule has 5 heteroatoms. The van der Waals surface area contributed by atoms with Crippen molar-refractivity contribution in [1.29, 1.82) is 0 Å². The molecule has 1 aliphatic carbocycles. The minimum absolute atomic E-state index is 0.0425. The number of anilines is 1. The van der Waals surface area contributed by atoms with Crippen LogP contribution in [0.5, 0.6) is 0 Å². The third-order valence-corrected chi connectivity index (χ3v) is 5.62. The van der Waals surface area contributed by atoms with Crippen molar-refractivity contribution in [3.63, 3.8) is 0 Å². The van der Waals surface area contributed by atoms with Gasteiger partial charge in [-0.25, -0.2) is 0 Å². The number of nitrogen functional groups attached to an aromatic ring is 1. The Labute approximate surface area is 130 Å². The van der Waals surface area contributed by atoms with Gasteiger partial charge in [0, 0.05) is 21.1 Å². The molecule has 1 heterocycles. The number of carbonyl (C=O) groups is 1. The summed E-state index contributed by atoms with van der Waals surface area (Å²) < 4.78 is 2.05. The second-order valence-electron chi connectivity index (χ2n) is 5.33. The molecule has 1 aromatic carbocycles. The zero-order valence-electron chi connectivity index (χ0n) is 11.1. The standard InChI is InChI=1S/C15H17BrN2OS/c16-10-4-5-11-12(8-10)20-14(13(11)17)15(19)18-7-6-9-2-1-3-9/h4-5,8-9H,1-3,6-7,17H2,(H,18,19). The van der Waals surface area contributed by atoms with Crippen molar-refractivity contribution in [2.24, 2.45) is 5.92 Å². The lowest BCUT2D eigenvalue weighted by atomic mass is 9.83. The van der Waals surface area contributed by atoms with E-state index in [-0.39, 0.29) is 5.91 Å². The maximum atomic E-state index is 12.2. The van der Waals surface area contributed by atoms with Crippen molar-refractivity contribution >= 4 is 48.9 Å². The molecule has 0 atom stereocenters. The SMILES string of the molecule is Nc1c(C(=O)NCCC2CCC2)sc2cc(Br)ccc12. The van der Waals surface area contributed by atoms with Crippen LogP contribution >= 0.6 is 27.3 Å². The first-order chi connectivity index (χ1) is 9.65. The molecule has 3 rings (SSSR count). The summed E-state index contributed by atoms with van der Waals surface area (Å²) in [4.78, 5) is 12.8. The molecule has 3 nitrogen and oxygen atoms in total. The highest BCUT2D eigenvalue weighted by Crippen LogP contribution is 2.35. The summed E-state index contributed by atoms with van der Waals surface area (Å²) in [5.41, 5.74) is 6.69. The summed E-state index contributed by atoms with van der Waals surface area (Å²) in [5, 5.41) is 3.95. The summed E-state index contributed by atoms with van der Waals surface area (Å²) in [6.45, 7) is 0.751. The predicted octanol–water partition coefficient (Wildman–Crippen LogP) is 4.17. The zero-order chi connectivity index (χ0) is 14.1. The highest BCUT2D eigenvalue weighted by molar-refractivity contribution is 9.10. The Hall–Kier alpha value is -1.07. The van der Waals surface area contributed by atoms with Crippen LogP contribution in [0.1, 0.15) is 35.4 Å². The van der Waals surface area contributed by atoms with E-state index in [9.17, 15) is 4.79 Å². The van der Waals surface area contributed by atoms with Gasteiger partial charge in [0.2, 0.25) is 0 Å². The molecule has 1 aromatic heterocycles. The quantitative estimate of drug-likeness (QED) is 0.867. The lowest BCUT2D eigenvalue weighted by molar-refractivity contribution is 0.0954. The number of hydrogen-bond acceptors (Lipinski definition) is 3. The van der Waals surface area contributed by atoms with Gasteiger partial charge in [-0.3, -0.25) is 4.79 Å². The minimum Gasteiger partial charge on any atom is -0.397 e. The number of nitrogens with two attached hydrogens (primary N) is 1. The van der Waals surface area contributed by atoms with Gasteiger partial charge >= 0.3 is 0 Å². The van der Waals surface area contributed by atoms with Gasteiger partial charge in [0.1, 0.15) is 4.88 Å². The minimum atomic E-state index is -0.0425. The van der Waals surface area contributed by atoms with E-state index >= 15 is 0 Å². The van der Waals surface area contributed by atoms with E-state index < -0.39 is 0 Å². The van der Waals surface area contributed by atoms with Gasteiger partial charge in [-0.2, -0.15) is 0 Å². The first kappa shape index (κ1) is 13.9. The monoisotopic (exact) mass is 352 g/mol. The maximum Gasteiger partial charge on any atom is 0.263 e. The van der Waals surface area contributed by atoms with Gasteiger partial charge in [-0.05, 0) is 24.5 Å². The van der Waals surface area contributed by atoms with Crippen molar-refractivity contribution in [1.82, 2.24) is 5.32 Å². The summed E-state index contributed by atoms with van der Waals surface area (Å²) in [7, 11) is 0. The summed E-state index contributed by atoms with van der Waals surface area (Å²) in [5.74, 6) is 0.769. The molecule has 0 aliphatic heterocycles. The molecule has 106 valence electrons. The number of fused-ring (bicyclic) bond motifs is 1. The third kappa shape index (κ3) is 2.69. The predicted molar refractivity (Wildman–Crippen MR) is 88.2 cm³/mol. The first-order valence-electron chi connectivity index (χ1n) is 6.91. The van der Waals surface area contributed by atoms with Crippen LogP contribution in [0.3, 0.4) is 0 Å². The van der Waals surface area contributed by atoms with Crippen LogP contribution in [0.2, 0.25) is 0 Å². The van der Waals surface area contributed by atoms with Gasteiger partial charge in [-0.15, -0.1) is 11.3 Å². The normalized spacial score (nSPS) is 15.2. The summed E-state index contributed by atoms with van der Waals surface area (Å²) in [6, 6.07) is 5.90. The zero-order valence-corrected chi connectivity index (χ0v) is 13.5. The Morgan fingerprint density at radius 2 is 2.25 bits per heavy atom. The fraction of sp³-hybridized carbons (Fsp3) is 0.400. The van der Waals surface area contributed by atoms with Gasteiger partial charge in [-0.1, -0.05) is 41.3 Å². The molecule has 20 heavy (non-hydrogen) atoms. The highest BCUT2D eigenvalue weighted by Gasteiger charge is 2.19. The molecule has 0 spiro atoms. The fourth-order valence-corrected chi connectivity index (χ4v) is 4.10. The molecular formula is C15H17BrN2OS. The van der Waals surface area contributed by atoms with Crippen molar-refractivity contribution in [2.45, 2.75) is 25.7 Å². The number of halogens is 1. The molecule has 0 bridgehead atoms. The van der Waals surface area contributed by atoms with E-state index in [1.807, 2.05) is 18.2 Å². The highest BCUT2D eigenvalue weighted by atomic mass is 79.9. The van der Waals surface area contributed by atoms with Gasteiger partial charge in [0.15, 0.2) is 0 Å².